The van der Waals surface area contributed by atoms with E-state index in [1.807, 2.05) is 0 Å². The van der Waals surface area contributed by atoms with E-state index in [4.69, 9.17) is 28.9 Å². The van der Waals surface area contributed by atoms with Crippen molar-refractivity contribution in [2.75, 3.05) is 5.73 Å². The summed E-state index contributed by atoms with van der Waals surface area (Å²) in [5.41, 5.74) is 6.77. The smallest absolute Gasteiger partial charge is 0.263 e. The van der Waals surface area contributed by atoms with Gasteiger partial charge in [-0.3, -0.25) is 0 Å². The van der Waals surface area contributed by atoms with Crippen LogP contribution in [0.5, 0.6) is 0 Å². The van der Waals surface area contributed by atoms with Crippen LogP contribution in [0.4, 0.5) is 14.6 Å². The fourth-order valence-corrected chi connectivity index (χ4v) is 1.73. The lowest BCUT2D eigenvalue weighted by Crippen LogP contribution is -2.04. The van der Waals surface area contributed by atoms with E-state index in [0.717, 1.165) is 11.6 Å². The van der Waals surface area contributed by atoms with E-state index in [1.54, 1.807) is 0 Å². The Morgan fingerprint density at radius 2 is 2.22 bits per heavy atom. The largest absolute Gasteiger partial charge is 0.384 e. The number of hydrogen-bond acceptors (Lipinski definition) is 2. The standard InChI is InChI=1S/C11H11Cl2F2N3/c1-2-7(11(14)15)5-8(13)9(6-12)18-10(16)3-4-17-18/h2-6,11H,16H2,1H3/b7-2+,8-5+,9-6-. The van der Waals surface area contributed by atoms with Crippen molar-refractivity contribution in [3.8, 4) is 0 Å². The van der Waals surface area contributed by atoms with Gasteiger partial charge in [-0.2, -0.15) is 5.10 Å². The van der Waals surface area contributed by atoms with Gasteiger partial charge in [0.25, 0.3) is 6.43 Å². The lowest BCUT2D eigenvalue weighted by Gasteiger charge is -2.08. The van der Waals surface area contributed by atoms with Crippen LogP contribution in [-0.2, 0) is 0 Å². The van der Waals surface area contributed by atoms with Crippen LogP contribution in [0.2, 0.25) is 0 Å². The molecule has 0 atom stereocenters. The molecule has 98 valence electrons. The van der Waals surface area contributed by atoms with E-state index in [2.05, 4.69) is 5.10 Å². The van der Waals surface area contributed by atoms with Crippen molar-refractivity contribution in [2.45, 2.75) is 13.3 Å². The lowest BCUT2D eigenvalue weighted by molar-refractivity contribution is 0.194. The Morgan fingerprint density at radius 1 is 1.56 bits per heavy atom. The number of nitrogens with zero attached hydrogens (tertiary/aromatic N) is 2. The Morgan fingerprint density at radius 3 is 2.61 bits per heavy atom. The number of alkyl halides is 2. The highest BCUT2D eigenvalue weighted by atomic mass is 35.5. The number of rotatable bonds is 4. The third-order valence-electron chi connectivity index (χ3n) is 2.13. The van der Waals surface area contributed by atoms with Crippen molar-refractivity contribution >= 4 is 34.7 Å². The van der Waals surface area contributed by atoms with Crippen molar-refractivity contribution in [3.63, 3.8) is 0 Å². The SMILES string of the molecule is C\C=C(/C=C(Cl)\C(=C\Cl)n1nccc1N)C(F)F. The van der Waals surface area contributed by atoms with Gasteiger partial charge < -0.3 is 5.73 Å². The van der Waals surface area contributed by atoms with E-state index in [0.29, 0.717) is 5.82 Å². The predicted octanol–water partition coefficient (Wildman–Crippen LogP) is 3.84. The molecule has 1 aromatic heterocycles. The first-order chi connectivity index (χ1) is 8.51. The van der Waals surface area contributed by atoms with E-state index in [-0.39, 0.29) is 16.3 Å². The van der Waals surface area contributed by atoms with E-state index >= 15 is 0 Å². The fraction of sp³-hybridized carbons (Fsp3) is 0.182. The molecule has 0 fully saturated rings. The van der Waals surface area contributed by atoms with Crippen molar-refractivity contribution in [1.82, 2.24) is 9.78 Å². The molecule has 0 amide bonds. The first kappa shape index (κ1) is 14.7. The zero-order valence-electron chi connectivity index (χ0n) is 9.45. The molecule has 1 aromatic rings. The minimum absolute atomic E-state index is 0.0220. The minimum atomic E-state index is -2.62. The first-order valence-corrected chi connectivity index (χ1v) is 5.74. The van der Waals surface area contributed by atoms with Gasteiger partial charge in [-0.15, -0.1) is 0 Å². The summed E-state index contributed by atoms with van der Waals surface area (Å²) in [7, 11) is 0. The van der Waals surface area contributed by atoms with Crippen molar-refractivity contribution in [2.24, 2.45) is 0 Å². The third kappa shape index (κ3) is 3.34. The van der Waals surface area contributed by atoms with Crippen LogP contribution < -0.4 is 5.73 Å². The number of halogens is 4. The molecule has 1 heterocycles. The topological polar surface area (TPSA) is 43.8 Å². The van der Waals surface area contributed by atoms with E-state index in [9.17, 15) is 8.78 Å². The van der Waals surface area contributed by atoms with Crippen LogP contribution in [0, 0.1) is 0 Å². The summed E-state index contributed by atoms with van der Waals surface area (Å²) in [6.45, 7) is 1.49. The van der Waals surface area contributed by atoms with Gasteiger partial charge in [-0.05, 0) is 13.0 Å². The molecule has 7 heteroatoms. The van der Waals surface area contributed by atoms with Crippen LogP contribution in [-0.4, -0.2) is 16.2 Å². The molecule has 0 saturated carbocycles. The number of anilines is 1. The third-order valence-corrected chi connectivity index (χ3v) is 2.64. The summed E-state index contributed by atoms with van der Waals surface area (Å²) in [6.07, 6.45) is 1.23. The molecule has 3 nitrogen and oxygen atoms in total. The van der Waals surface area contributed by atoms with Crippen molar-refractivity contribution < 1.29 is 8.78 Å². The van der Waals surface area contributed by atoms with Crippen LogP contribution in [0.25, 0.3) is 5.70 Å². The molecule has 0 spiro atoms. The highest BCUT2D eigenvalue weighted by molar-refractivity contribution is 6.39. The molecule has 0 aliphatic carbocycles. The Bertz CT molecular complexity index is 504. The quantitative estimate of drug-likeness (QED) is 0.857. The summed E-state index contributed by atoms with van der Waals surface area (Å²) < 4.78 is 26.4. The van der Waals surface area contributed by atoms with Gasteiger partial charge in [-0.25, -0.2) is 13.5 Å². The zero-order chi connectivity index (χ0) is 13.7. The summed E-state index contributed by atoms with van der Waals surface area (Å²) in [4.78, 5) is 0. The second kappa shape index (κ2) is 6.56. The monoisotopic (exact) mass is 293 g/mol. The molecule has 0 aliphatic rings. The maximum absolute atomic E-state index is 12.6. The molecular formula is C11H11Cl2F2N3. The van der Waals surface area contributed by atoms with E-state index < -0.39 is 6.43 Å². The second-order valence-electron chi connectivity index (χ2n) is 3.24. The average Bonchev–Trinajstić information content (AvgIpc) is 2.73. The fourth-order valence-electron chi connectivity index (χ4n) is 1.21. The van der Waals surface area contributed by atoms with Gasteiger partial charge >= 0.3 is 0 Å². The maximum Gasteiger partial charge on any atom is 0.263 e. The number of nitrogen functional groups attached to an aromatic ring is 1. The number of nitrogens with two attached hydrogens (primary N) is 1. The molecule has 0 unspecified atom stereocenters. The molecule has 1 rings (SSSR count). The van der Waals surface area contributed by atoms with Gasteiger partial charge in [0.15, 0.2) is 0 Å². The summed E-state index contributed by atoms with van der Waals surface area (Å²) in [6, 6.07) is 1.54. The van der Waals surface area contributed by atoms with Gasteiger partial charge in [0.2, 0.25) is 0 Å². The Labute approximate surface area is 113 Å². The van der Waals surface area contributed by atoms with E-state index in [1.165, 1.54) is 29.9 Å². The Kier molecular flexibility index (Phi) is 5.37. The molecule has 0 saturated heterocycles. The molecule has 0 aromatic carbocycles. The number of aromatic nitrogens is 2. The first-order valence-electron chi connectivity index (χ1n) is 4.93. The minimum Gasteiger partial charge on any atom is -0.384 e. The lowest BCUT2D eigenvalue weighted by atomic mass is 10.2. The molecule has 2 N–H and O–H groups in total. The molecule has 0 radical (unpaired) electrons. The van der Waals surface area contributed by atoms with Crippen molar-refractivity contribution in [3.05, 3.63) is 40.6 Å². The van der Waals surface area contributed by atoms with Crippen LogP contribution in [0.3, 0.4) is 0 Å². The Hall–Kier alpha value is -1.33. The normalized spacial score (nSPS) is 14.4. The van der Waals surface area contributed by atoms with Crippen molar-refractivity contribution in [1.29, 1.82) is 0 Å². The Balaban J connectivity index is 3.12. The summed E-state index contributed by atoms with van der Waals surface area (Å²) >= 11 is 11.6. The van der Waals surface area contributed by atoms with Gasteiger partial charge in [0.05, 0.1) is 16.9 Å². The number of hydrogen-bond donors (Lipinski definition) is 1. The van der Waals surface area contributed by atoms with Gasteiger partial charge in [0, 0.05) is 17.2 Å². The highest BCUT2D eigenvalue weighted by Gasteiger charge is 2.13. The maximum atomic E-state index is 12.6. The average molecular weight is 294 g/mol. The number of allylic oxidation sites excluding steroid dienone is 5. The molecule has 0 aliphatic heterocycles. The summed E-state index contributed by atoms with van der Waals surface area (Å²) in [5.74, 6) is 0.299. The second-order valence-corrected chi connectivity index (χ2v) is 3.87. The van der Waals surface area contributed by atoms with Crippen LogP contribution in [0.1, 0.15) is 6.92 Å². The highest BCUT2D eigenvalue weighted by Crippen LogP contribution is 2.25. The van der Waals surface area contributed by atoms with Crippen LogP contribution in [0.15, 0.2) is 40.6 Å². The predicted molar refractivity (Wildman–Crippen MR) is 70.5 cm³/mol. The molecular weight excluding hydrogens is 283 g/mol. The van der Waals surface area contributed by atoms with Crippen LogP contribution >= 0.6 is 23.2 Å². The molecule has 0 bridgehead atoms. The molecule has 18 heavy (non-hydrogen) atoms. The zero-order valence-corrected chi connectivity index (χ0v) is 11.0. The van der Waals surface area contributed by atoms with Gasteiger partial charge in [-0.1, -0.05) is 29.3 Å². The summed E-state index contributed by atoms with van der Waals surface area (Å²) in [5, 5.41) is 3.91. The van der Waals surface area contributed by atoms with Gasteiger partial charge in [0.1, 0.15) is 5.82 Å².